The third-order valence-corrected chi connectivity index (χ3v) is 2.98. The monoisotopic (exact) mass is 205 g/mol. The van der Waals surface area contributed by atoms with Crippen LogP contribution in [0, 0.1) is 5.92 Å². The number of alkyl halides is 1. The van der Waals surface area contributed by atoms with E-state index in [1.807, 2.05) is 6.92 Å². The van der Waals surface area contributed by atoms with Crippen LogP contribution in [-0.2, 0) is 4.79 Å². The molecule has 1 aliphatic heterocycles. The lowest BCUT2D eigenvalue weighted by atomic mass is 10.1. The van der Waals surface area contributed by atoms with Crippen molar-refractivity contribution < 1.29 is 9.90 Å². The third-order valence-electron chi connectivity index (χ3n) is 2.48. The van der Waals surface area contributed by atoms with Crippen LogP contribution in [0.2, 0.25) is 0 Å². The van der Waals surface area contributed by atoms with Crippen LogP contribution in [0.3, 0.4) is 0 Å². The summed E-state index contributed by atoms with van der Waals surface area (Å²) in [4.78, 5) is 13.3. The van der Waals surface area contributed by atoms with Gasteiger partial charge in [0.1, 0.15) is 5.38 Å². The van der Waals surface area contributed by atoms with Crippen LogP contribution in [0.25, 0.3) is 0 Å². The smallest absolute Gasteiger partial charge is 0.240 e. The average molecular weight is 206 g/mol. The Hall–Kier alpha value is -0.280. The second-order valence-corrected chi connectivity index (χ2v) is 4.02. The quantitative estimate of drug-likeness (QED) is 0.694. The third kappa shape index (κ3) is 2.58. The molecule has 1 rings (SSSR count). The molecule has 1 aliphatic rings. The molecule has 0 unspecified atom stereocenters. The Morgan fingerprint density at radius 1 is 1.77 bits per heavy atom. The Morgan fingerprint density at radius 3 is 2.92 bits per heavy atom. The SMILES string of the molecule is CC[C@H](Cl)C(=O)N1CC[C@H](CO)C1. The summed E-state index contributed by atoms with van der Waals surface area (Å²) in [5, 5.41) is 8.50. The fraction of sp³-hybridized carbons (Fsp3) is 0.889. The molecule has 1 saturated heterocycles. The summed E-state index contributed by atoms with van der Waals surface area (Å²) in [7, 11) is 0. The van der Waals surface area contributed by atoms with Crippen LogP contribution in [-0.4, -0.2) is 41.0 Å². The Bertz CT molecular complexity index is 186. The Kier molecular flexibility index (Phi) is 4.00. The number of carbonyl (C=O) groups is 1. The van der Waals surface area contributed by atoms with Gasteiger partial charge in [0.25, 0.3) is 0 Å². The van der Waals surface area contributed by atoms with E-state index in [4.69, 9.17) is 16.7 Å². The average Bonchev–Trinajstić information content (AvgIpc) is 2.63. The predicted molar refractivity (Wildman–Crippen MR) is 51.7 cm³/mol. The van der Waals surface area contributed by atoms with Crippen LogP contribution < -0.4 is 0 Å². The molecule has 1 amide bonds. The molecule has 2 atom stereocenters. The van der Waals surface area contributed by atoms with E-state index < -0.39 is 5.38 Å². The second-order valence-electron chi connectivity index (χ2n) is 3.50. The number of nitrogens with zero attached hydrogens (tertiary/aromatic N) is 1. The van der Waals surface area contributed by atoms with Gasteiger partial charge >= 0.3 is 0 Å². The van der Waals surface area contributed by atoms with Gasteiger partial charge in [0.05, 0.1) is 0 Å². The minimum Gasteiger partial charge on any atom is -0.396 e. The highest BCUT2D eigenvalue weighted by molar-refractivity contribution is 6.30. The highest BCUT2D eigenvalue weighted by Crippen LogP contribution is 2.18. The van der Waals surface area contributed by atoms with Crippen molar-refractivity contribution in [1.29, 1.82) is 0 Å². The minimum atomic E-state index is -0.391. The van der Waals surface area contributed by atoms with Crippen molar-refractivity contribution in [2.45, 2.75) is 25.1 Å². The lowest BCUT2D eigenvalue weighted by Crippen LogP contribution is -2.35. The lowest BCUT2D eigenvalue weighted by molar-refractivity contribution is -0.129. The van der Waals surface area contributed by atoms with Crippen LogP contribution in [0.5, 0.6) is 0 Å². The number of amides is 1. The maximum Gasteiger partial charge on any atom is 0.240 e. The molecule has 1 heterocycles. The fourth-order valence-corrected chi connectivity index (χ4v) is 1.69. The van der Waals surface area contributed by atoms with E-state index in [0.717, 1.165) is 13.0 Å². The van der Waals surface area contributed by atoms with Gasteiger partial charge in [-0.05, 0) is 12.8 Å². The Morgan fingerprint density at radius 2 is 2.46 bits per heavy atom. The molecule has 1 N–H and O–H groups in total. The van der Waals surface area contributed by atoms with Gasteiger partial charge in [-0.1, -0.05) is 6.92 Å². The van der Waals surface area contributed by atoms with Gasteiger partial charge in [-0.25, -0.2) is 0 Å². The van der Waals surface area contributed by atoms with E-state index in [1.54, 1.807) is 4.90 Å². The maximum atomic E-state index is 11.6. The molecule has 0 aromatic rings. The number of aliphatic hydroxyl groups excluding tert-OH is 1. The van der Waals surface area contributed by atoms with Gasteiger partial charge in [0.15, 0.2) is 0 Å². The number of carbonyl (C=O) groups excluding carboxylic acids is 1. The summed E-state index contributed by atoms with van der Waals surface area (Å²) in [6.07, 6.45) is 1.57. The zero-order valence-electron chi connectivity index (χ0n) is 7.87. The van der Waals surface area contributed by atoms with E-state index in [2.05, 4.69) is 0 Å². The summed E-state index contributed by atoms with van der Waals surface area (Å²) in [5.74, 6) is 0.268. The lowest BCUT2D eigenvalue weighted by Gasteiger charge is -2.18. The number of hydrogen-bond acceptors (Lipinski definition) is 2. The first-order chi connectivity index (χ1) is 6.19. The molecule has 0 aliphatic carbocycles. The van der Waals surface area contributed by atoms with Crippen LogP contribution in [0.1, 0.15) is 19.8 Å². The molecule has 1 fully saturated rings. The number of rotatable bonds is 3. The van der Waals surface area contributed by atoms with E-state index in [-0.39, 0.29) is 18.4 Å². The highest BCUT2D eigenvalue weighted by atomic mass is 35.5. The van der Waals surface area contributed by atoms with E-state index in [9.17, 15) is 4.79 Å². The Labute approximate surface area is 83.7 Å². The molecule has 0 saturated carbocycles. The van der Waals surface area contributed by atoms with Crippen molar-refractivity contribution in [3.8, 4) is 0 Å². The molecule has 3 nitrogen and oxygen atoms in total. The van der Waals surface area contributed by atoms with Crippen molar-refractivity contribution in [2.24, 2.45) is 5.92 Å². The standard InChI is InChI=1S/C9H16ClNO2/c1-2-8(10)9(13)11-4-3-7(5-11)6-12/h7-8,12H,2-6H2,1H3/t7-,8-/m0/s1. The summed E-state index contributed by atoms with van der Waals surface area (Å²) in [6.45, 7) is 3.48. The number of likely N-dealkylation sites (tertiary alicyclic amines) is 1. The minimum absolute atomic E-state index is 0.0140. The van der Waals surface area contributed by atoms with Gasteiger partial charge in [0, 0.05) is 25.6 Å². The number of halogens is 1. The van der Waals surface area contributed by atoms with Crippen LogP contribution in [0.4, 0.5) is 0 Å². The normalized spacial score (nSPS) is 24.8. The van der Waals surface area contributed by atoms with Crippen molar-refractivity contribution in [2.75, 3.05) is 19.7 Å². The van der Waals surface area contributed by atoms with Crippen molar-refractivity contribution >= 4 is 17.5 Å². The number of hydrogen-bond donors (Lipinski definition) is 1. The van der Waals surface area contributed by atoms with Crippen molar-refractivity contribution in [3.05, 3.63) is 0 Å². The topological polar surface area (TPSA) is 40.5 Å². The zero-order valence-corrected chi connectivity index (χ0v) is 8.63. The Balaban J connectivity index is 2.41. The first-order valence-corrected chi connectivity index (χ1v) is 5.16. The summed E-state index contributed by atoms with van der Waals surface area (Å²) >= 11 is 5.83. The van der Waals surface area contributed by atoms with E-state index >= 15 is 0 Å². The van der Waals surface area contributed by atoms with Crippen LogP contribution >= 0.6 is 11.6 Å². The van der Waals surface area contributed by atoms with Gasteiger partial charge in [-0.2, -0.15) is 0 Å². The maximum absolute atomic E-state index is 11.6. The summed E-state index contributed by atoms with van der Waals surface area (Å²) in [6, 6.07) is 0. The van der Waals surface area contributed by atoms with Gasteiger partial charge in [0.2, 0.25) is 5.91 Å². The zero-order chi connectivity index (χ0) is 9.84. The molecule has 0 aromatic carbocycles. The van der Waals surface area contributed by atoms with Gasteiger partial charge in [-0.3, -0.25) is 4.79 Å². The largest absolute Gasteiger partial charge is 0.396 e. The molecule has 13 heavy (non-hydrogen) atoms. The molecule has 0 radical (unpaired) electrons. The molecule has 76 valence electrons. The van der Waals surface area contributed by atoms with Crippen molar-refractivity contribution in [1.82, 2.24) is 4.90 Å². The molecule has 0 spiro atoms. The molecule has 0 aromatic heterocycles. The number of aliphatic hydroxyl groups is 1. The molecule has 4 heteroatoms. The predicted octanol–water partition coefficient (Wildman–Crippen LogP) is 0.845. The summed E-state index contributed by atoms with van der Waals surface area (Å²) in [5.41, 5.74) is 0. The van der Waals surface area contributed by atoms with Crippen LogP contribution in [0.15, 0.2) is 0 Å². The first-order valence-electron chi connectivity index (χ1n) is 4.72. The van der Waals surface area contributed by atoms with Crippen molar-refractivity contribution in [3.63, 3.8) is 0 Å². The van der Waals surface area contributed by atoms with Gasteiger partial charge < -0.3 is 10.0 Å². The summed E-state index contributed by atoms with van der Waals surface area (Å²) < 4.78 is 0. The molecule has 0 bridgehead atoms. The first kappa shape index (κ1) is 10.8. The highest BCUT2D eigenvalue weighted by Gasteiger charge is 2.28. The molecular formula is C9H16ClNO2. The fourth-order valence-electron chi connectivity index (χ4n) is 1.55. The molecular weight excluding hydrogens is 190 g/mol. The van der Waals surface area contributed by atoms with Gasteiger partial charge in [-0.15, -0.1) is 11.6 Å². The van der Waals surface area contributed by atoms with E-state index in [0.29, 0.717) is 13.0 Å². The van der Waals surface area contributed by atoms with E-state index in [1.165, 1.54) is 0 Å². The second kappa shape index (κ2) is 4.82.